The van der Waals surface area contributed by atoms with Gasteiger partial charge in [0.2, 0.25) is 0 Å². The van der Waals surface area contributed by atoms with Crippen LogP contribution in [0.2, 0.25) is 0 Å². The van der Waals surface area contributed by atoms with Crippen LogP contribution in [0.5, 0.6) is 0 Å². The van der Waals surface area contributed by atoms with Crippen LogP contribution < -0.4 is 0 Å². The van der Waals surface area contributed by atoms with Crippen molar-refractivity contribution in [3.05, 3.63) is 35.9 Å². The van der Waals surface area contributed by atoms with E-state index < -0.39 is 37.4 Å². The maximum atomic E-state index is 13.6. The van der Waals surface area contributed by atoms with Gasteiger partial charge in [-0.15, -0.1) is 0 Å². The standard InChI is InChI=1S/C13H17FO5/c14-10-11(16)9(6-15)19-13(12(10)17)18-7-8-4-2-1-3-5-8/h1-5,9-13,15-17H,6-7H2/t9-,10+,11-,12-,13?/m1/s1. The number of aliphatic hydroxyl groups excluding tert-OH is 3. The summed E-state index contributed by atoms with van der Waals surface area (Å²) < 4.78 is 24.1. The molecule has 1 heterocycles. The highest BCUT2D eigenvalue weighted by molar-refractivity contribution is 5.13. The van der Waals surface area contributed by atoms with Gasteiger partial charge in [0.05, 0.1) is 13.2 Å². The molecule has 19 heavy (non-hydrogen) atoms. The maximum Gasteiger partial charge on any atom is 0.187 e. The number of hydrogen-bond donors (Lipinski definition) is 3. The molecule has 106 valence electrons. The number of aliphatic hydroxyl groups is 3. The Morgan fingerprint density at radius 1 is 1.16 bits per heavy atom. The molecule has 1 fully saturated rings. The van der Waals surface area contributed by atoms with Gasteiger partial charge in [-0.1, -0.05) is 30.3 Å². The first kappa shape index (κ1) is 14.4. The Kier molecular flexibility index (Phi) is 4.84. The van der Waals surface area contributed by atoms with Crippen LogP contribution in [0.3, 0.4) is 0 Å². The molecule has 5 nitrogen and oxygen atoms in total. The molecule has 0 spiro atoms. The fourth-order valence-electron chi connectivity index (χ4n) is 1.93. The molecular weight excluding hydrogens is 255 g/mol. The fraction of sp³-hybridized carbons (Fsp3) is 0.538. The number of rotatable bonds is 4. The molecule has 1 aliphatic heterocycles. The maximum absolute atomic E-state index is 13.6. The molecule has 0 bridgehead atoms. The van der Waals surface area contributed by atoms with Crippen molar-refractivity contribution >= 4 is 0 Å². The van der Waals surface area contributed by atoms with Crippen LogP contribution >= 0.6 is 0 Å². The number of alkyl halides is 1. The van der Waals surface area contributed by atoms with Crippen molar-refractivity contribution < 1.29 is 29.2 Å². The van der Waals surface area contributed by atoms with Gasteiger partial charge in [0.1, 0.15) is 18.3 Å². The van der Waals surface area contributed by atoms with Gasteiger partial charge in [-0.3, -0.25) is 0 Å². The smallest absolute Gasteiger partial charge is 0.187 e. The first-order valence-corrected chi connectivity index (χ1v) is 6.05. The number of ether oxygens (including phenoxy) is 2. The summed E-state index contributed by atoms with van der Waals surface area (Å²) >= 11 is 0. The van der Waals surface area contributed by atoms with Gasteiger partial charge in [0.15, 0.2) is 12.5 Å². The Morgan fingerprint density at radius 2 is 1.84 bits per heavy atom. The van der Waals surface area contributed by atoms with Gasteiger partial charge >= 0.3 is 0 Å². The summed E-state index contributed by atoms with van der Waals surface area (Å²) in [4.78, 5) is 0. The second-order valence-corrected chi connectivity index (χ2v) is 4.45. The normalized spacial score (nSPS) is 35.3. The van der Waals surface area contributed by atoms with Crippen LogP contribution in [0.4, 0.5) is 4.39 Å². The van der Waals surface area contributed by atoms with E-state index >= 15 is 0 Å². The van der Waals surface area contributed by atoms with Crippen LogP contribution in [0.15, 0.2) is 30.3 Å². The molecule has 6 heteroatoms. The van der Waals surface area contributed by atoms with Gasteiger partial charge in [0, 0.05) is 0 Å². The molecule has 1 aromatic carbocycles. The van der Waals surface area contributed by atoms with Crippen molar-refractivity contribution in [2.45, 2.75) is 37.4 Å². The fourth-order valence-corrected chi connectivity index (χ4v) is 1.93. The lowest BCUT2D eigenvalue weighted by molar-refractivity contribution is -0.293. The van der Waals surface area contributed by atoms with Crippen molar-refractivity contribution in [1.82, 2.24) is 0 Å². The number of hydrogen-bond acceptors (Lipinski definition) is 5. The average Bonchev–Trinajstić information content (AvgIpc) is 2.45. The highest BCUT2D eigenvalue weighted by atomic mass is 19.1. The second-order valence-electron chi connectivity index (χ2n) is 4.45. The number of benzene rings is 1. The molecular formula is C13H17FO5. The number of halogens is 1. The van der Waals surface area contributed by atoms with E-state index in [0.29, 0.717) is 0 Å². The van der Waals surface area contributed by atoms with Gasteiger partial charge in [-0.25, -0.2) is 4.39 Å². The predicted molar refractivity (Wildman–Crippen MR) is 63.9 cm³/mol. The summed E-state index contributed by atoms with van der Waals surface area (Å²) in [5.41, 5.74) is 0.848. The van der Waals surface area contributed by atoms with Crippen LogP contribution in [-0.2, 0) is 16.1 Å². The third kappa shape index (κ3) is 3.29. The third-order valence-corrected chi connectivity index (χ3v) is 3.06. The summed E-state index contributed by atoms with van der Waals surface area (Å²) in [6.45, 7) is -0.400. The molecule has 2 rings (SSSR count). The lowest BCUT2D eigenvalue weighted by atomic mass is 10.0. The van der Waals surface area contributed by atoms with Crippen LogP contribution in [0.25, 0.3) is 0 Å². The Balaban J connectivity index is 1.95. The minimum atomic E-state index is -1.91. The predicted octanol–water partition coefficient (Wildman–Crippen LogP) is -0.0197. The zero-order chi connectivity index (χ0) is 13.8. The Bertz CT molecular complexity index is 386. The summed E-state index contributed by atoms with van der Waals surface area (Å²) in [6.07, 6.45) is -7.36. The van der Waals surface area contributed by atoms with Gasteiger partial charge < -0.3 is 24.8 Å². The Hall–Kier alpha value is -1.05. The van der Waals surface area contributed by atoms with Gasteiger partial charge in [0.25, 0.3) is 0 Å². The molecule has 1 unspecified atom stereocenters. The molecule has 0 aromatic heterocycles. The molecule has 0 amide bonds. The molecule has 3 N–H and O–H groups in total. The lowest BCUT2D eigenvalue weighted by Gasteiger charge is -2.38. The van der Waals surface area contributed by atoms with Crippen LogP contribution in [0, 0.1) is 0 Å². The highest BCUT2D eigenvalue weighted by Crippen LogP contribution is 2.24. The summed E-state index contributed by atoms with van der Waals surface area (Å²) in [5, 5.41) is 28.0. The Morgan fingerprint density at radius 3 is 2.47 bits per heavy atom. The monoisotopic (exact) mass is 272 g/mol. The molecule has 0 radical (unpaired) electrons. The van der Waals surface area contributed by atoms with Crippen molar-refractivity contribution in [2.75, 3.05) is 6.61 Å². The first-order chi connectivity index (χ1) is 9.13. The molecule has 1 saturated heterocycles. The summed E-state index contributed by atoms with van der Waals surface area (Å²) in [5.74, 6) is 0. The van der Waals surface area contributed by atoms with E-state index in [1.807, 2.05) is 30.3 Å². The zero-order valence-electron chi connectivity index (χ0n) is 10.2. The SMILES string of the molecule is OC[C@H]1OC(OCc2ccccc2)[C@H](O)[C@@H](F)[C@@H]1O. The van der Waals surface area contributed by atoms with E-state index in [1.165, 1.54) is 0 Å². The van der Waals surface area contributed by atoms with E-state index in [1.54, 1.807) is 0 Å². The first-order valence-electron chi connectivity index (χ1n) is 6.05. The minimum absolute atomic E-state index is 0.142. The molecule has 5 atom stereocenters. The van der Waals surface area contributed by atoms with Crippen LogP contribution in [0.1, 0.15) is 5.56 Å². The van der Waals surface area contributed by atoms with Crippen molar-refractivity contribution in [3.8, 4) is 0 Å². The molecule has 0 aliphatic carbocycles. The van der Waals surface area contributed by atoms with Crippen molar-refractivity contribution in [1.29, 1.82) is 0 Å². The second kappa shape index (κ2) is 6.40. The summed E-state index contributed by atoms with van der Waals surface area (Å²) in [7, 11) is 0. The third-order valence-electron chi connectivity index (χ3n) is 3.06. The average molecular weight is 272 g/mol. The lowest BCUT2D eigenvalue weighted by Crippen LogP contribution is -2.57. The van der Waals surface area contributed by atoms with E-state index in [2.05, 4.69) is 0 Å². The van der Waals surface area contributed by atoms with E-state index in [4.69, 9.17) is 14.6 Å². The molecule has 0 saturated carbocycles. The van der Waals surface area contributed by atoms with Crippen LogP contribution in [-0.4, -0.2) is 52.7 Å². The van der Waals surface area contributed by atoms with Gasteiger partial charge in [-0.2, -0.15) is 0 Å². The molecule has 1 aromatic rings. The van der Waals surface area contributed by atoms with E-state index in [9.17, 15) is 14.6 Å². The largest absolute Gasteiger partial charge is 0.394 e. The summed E-state index contributed by atoms with van der Waals surface area (Å²) in [6, 6.07) is 9.15. The highest BCUT2D eigenvalue weighted by Gasteiger charge is 2.45. The zero-order valence-corrected chi connectivity index (χ0v) is 10.2. The van der Waals surface area contributed by atoms with E-state index in [-0.39, 0.29) is 6.61 Å². The minimum Gasteiger partial charge on any atom is -0.394 e. The molecule has 1 aliphatic rings. The topological polar surface area (TPSA) is 79.2 Å². The van der Waals surface area contributed by atoms with Crippen molar-refractivity contribution in [2.24, 2.45) is 0 Å². The van der Waals surface area contributed by atoms with Gasteiger partial charge in [-0.05, 0) is 5.56 Å². The Labute approximate surface area is 110 Å². The quantitative estimate of drug-likeness (QED) is 0.718. The van der Waals surface area contributed by atoms with Crippen molar-refractivity contribution in [3.63, 3.8) is 0 Å². The van der Waals surface area contributed by atoms with E-state index in [0.717, 1.165) is 5.56 Å².